The highest BCUT2D eigenvalue weighted by Gasteiger charge is 2.37. The van der Waals surface area contributed by atoms with Gasteiger partial charge >= 0.3 is 0 Å². The number of hydrogen-bond acceptors (Lipinski definition) is 17. The van der Waals surface area contributed by atoms with Crippen LogP contribution in [-0.2, 0) is 75.2 Å². The Balaban J connectivity index is 1.40. The number of hydrogen-bond donors (Lipinski definition) is 16. The number of primary amides is 2. The fraction of sp³-hybridized carbons (Fsp3) is 0.476. The van der Waals surface area contributed by atoms with Crippen molar-refractivity contribution in [1.82, 2.24) is 68.0 Å². The summed E-state index contributed by atoms with van der Waals surface area (Å²) in [4.78, 5) is 170. The molecule has 13 amide bonds. The van der Waals surface area contributed by atoms with E-state index in [9.17, 15) is 72.5 Å². The van der Waals surface area contributed by atoms with Gasteiger partial charge in [-0.05, 0) is 37.0 Å². The van der Waals surface area contributed by atoms with Crippen LogP contribution in [0, 0.1) is 0 Å². The fourth-order valence-electron chi connectivity index (χ4n) is 6.55. The van der Waals surface area contributed by atoms with Crippen LogP contribution in [0.2, 0.25) is 0 Å². The first-order valence-electron chi connectivity index (χ1n) is 22.3. The van der Waals surface area contributed by atoms with Gasteiger partial charge in [0.15, 0.2) is 0 Å². The normalized spacial score (nSPS) is 14.3. The summed E-state index contributed by atoms with van der Waals surface area (Å²) in [6, 6.07) is -0.934. The molecule has 2 aromatic rings. The minimum Gasteiger partial charge on any atom is -0.508 e. The molecule has 0 bridgehead atoms. The highest BCUT2D eigenvalue weighted by Crippen LogP contribution is 2.18. The minimum atomic E-state index is -1.70. The lowest BCUT2D eigenvalue weighted by molar-refractivity contribution is -0.140. The van der Waals surface area contributed by atoms with Crippen LogP contribution in [0.5, 0.6) is 5.75 Å². The summed E-state index contributed by atoms with van der Waals surface area (Å²) in [5.41, 5.74) is 11.5. The zero-order chi connectivity index (χ0) is 54.0. The van der Waals surface area contributed by atoms with Gasteiger partial charge in [0.25, 0.3) is 0 Å². The van der Waals surface area contributed by atoms with Gasteiger partial charge in [-0.3, -0.25) is 62.3 Å². The van der Waals surface area contributed by atoms with Crippen molar-refractivity contribution in [2.24, 2.45) is 11.5 Å². The van der Waals surface area contributed by atoms with Gasteiger partial charge in [-0.25, -0.2) is 4.98 Å². The van der Waals surface area contributed by atoms with Crippen LogP contribution >= 0.6 is 12.6 Å². The Morgan fingerprint density at radius 2 is 1.16 bits per heavy atom. The number of aromatic nitrogens is 2. The molecule has 30 nitrogen and oxygen atoms in total. The zero-order valence-corrected chi connectivity index (χ0v) is 40.0. The lowest BCUT2D eigenvalue weighted by Gasteiger charge is -2.27. The van der Waals surface area contributed by atoms with Gasteiger partial charge in [-0.2, -0.15) is 12.6 Å². The summed E-state index contributed by atoms with van der Waals surface area (Å²) in [5, 5.41) is 42.3. The summed E-state index contributed by atoms with van der Waals surface area (Å²) in [6.45, 7) is -4.20. The van der Waals surface area contributed by atoms with E-state index in [0.29, 0.717) is 18.5 Å². The Morgan fingerprint density at radius 3 is 1.66 bits per heavy atom. The smallest absolute Gasteiger partial charge is 0.245 e. The molecule has 0 unspecified atom stereocenters. The van der Waals surface area contributed by atoms with Crippen LogP contribution in [0.15, 0.2) is 36.8 Å². The minimum absolute atomic E-state index is 0.0811. The average molecular weight is 1050 g/mol. The molecule has 31 heteroatoms. The highest BCUT2D eigenvalue weighted by atomic mass is 32.1. The maximum absolute atomic E-state index is 13.6. The first kappa shape index (κ1) is 59.0. The number of aryl methyl sites for hydroxylation is 1. The van der Waals surface area contributed by atoms with Crippen molar-refractivity contribution in [3.8, 4) is 5.75 Å². The van der Waals surface area contributed by atoms with E-state index in [-0.39, 0.29) is 37.3 Å². The van der Waals surface area contributed by atoms with Crippen molar-refractivity contribution in [2.45, 2.75) is 68.7 Å². The zero-order valence-electron chi connectivity index (χ0n) is 39.2. The largest absolute Gasteiger partial charge is 0.508 e. The molecule has 1 fully saturated rings. The standard InChI is InChI=1S/C42H59N15O15S/c43-30(60)11-25(38(44)68)53-41(71)28(20-73)56-40(70)27(19-58)55-39(69)26(10-23-12-45-21-52-23)54-42(72)29-2-1-9-57(29)37(67)18-51-36(66)17-50-35(65)16-49-34(64)15-48-33(63)14-47-32(62)13-46-31(61)8-5-22-3-6-24(59)7-4-22/h3-4,6-7,12,21,25-29,58-59,73H,1-2,5,8-11,13-20H2,(H2,43,60)(H2,44,68)(H,45,52)(H,46,61)(H,47,62)(H,48,63)(H,49,64)(H,50,65)(H,51,66)(H,53,71)(H,54,72)(H,55,69)(H,56,70)/t25-,26-,27-,28-,29-/m0/s1. The number of nitrogens with zero attached hydrogens (tertiary/aromatic N) is 2. The number of rotatable bonds is 30. The van der Waals surface area contributed by atoms with Crippen LogP contribution in [0.3, 0.4) is 0 Å². The Bertz CT molecular complexity index is 2320. The maximum Gasteiger partial charge on any atom is 0.245 e. The molecule has 0 saturated carbocycles. The molecule has 1 aromatic carbocycles. The quantitative estimate of drug-likeness (QED) is 0.0323. The number of amides is 13. The van der Waals surface area contributed by atoms with E-state index >= 15 is 0 Å². The van der Waals surface area contributed by atoms with E-state index in [1.807, 2.05) is 0 Å². The first-order valence-corrected chi connectivity index (χ1v) is 23.0. The molecular formula is C42H59N15O15S. The Morgan fingerprint density at radius 1 is 0.671 bits per heavy atom. The number of aliphatic hydroxyl groups excluding tert-OH is 1. The fourth-order valence-corrected chi connectivity index (χ4v) is 6.81. The molecule has 398 valence electrons. The van der Waals surface area contributed by atoms with Crippen molar-refractivity contribution in [1.29, 1.82) is 0 Å². The molecule has 0 radical (unpaired) electrons. The summed E-state index contributed by atoms with van der Waals surface area (Å²) in [5.74, 6) is -11.1. The number of imidazole rings is 1. The molecule has 17 N–H and O–H groups in total. The SMILES string of the molecule is NC(=O)C[C@H](NC(=O)[C@H](CS)NC(=O)[C@H](CO)NC(=O)[C@H](Cc1cnc[nH]1)NC(=O)[C@@H]1CCCN1C(=O)CNC(=O)CNC(=O)CNC(=O)CNC(=O)CNC(=O)CNC(=O)CCc1ccc(O)cc1)C(N)=O. The van der Waals surface area contributed by atoms with Crippen molar-refractivity contribution in [2.75, 3.05) is 58.2 Å². The van der Waals surface area contributed by atoms with E-state index in [1.165, 1.54) is 29.6 Å². The molecule has 0 aliphatic carbocycles. The number of phenols is 1. The van der Waals surface area contributed by atoms with Crippen molar-refractivity contribution >= 4 is 89.4 Å². The van der Waals surface area contributed by atoms with E-state index in [1.54, 1.807) is 12.1 Å². The van der Waals surface area contributed by atoms with E-state index in [0.717, 1.165) is 5.56 Å². The lowest BCUT2D eigenvalue weighted by atomic mass is 10.1. The second-order valence-corrected chi connectivity index (χ2v) is 16.4. The number of carbonyl (C=O) groups excluding carboxylic acids is 13. The second-order valence-electron chi connectivity index (χ2n) is 16.0. The van der Waals surface area contributed by atoms with Crippen LogP contribution in [0.25, 0.3) is 0 Å². The van der Waals surface area contributed by atoms with Crippen LogP contribution in [0.4, 0.5) is 0 Å². The number of benzene rings is 1. The number of carbonyl (C=O) groups is 13. The van der Waals surface area contributed by atoms with Crippen molar-refractivity contribution in [3.63, 3.8) is 0 Å². The van der Waals surface area contributed by atoms with Gasteiger partial charge in [0.2, 0.25) is 76.8 Å². The van der Waals surface area contributed by atoms with E-state index in [2.05, 4.69) is 75.8 Å². The summed E-state index contributed by atoms with van der Waals surface area (Å²) in [7, 11) is 0. The van der Waals surface area contributed by atoms with E-state index in [4.69, 9.17) is 11.5 Å². The summed E-state index contributed by atoms with van der Waals surface area (Å²) in [6.07, 6.45) is 2.78. The van der Waals surface area contributed by atoms with Gasteiger partial charge in [0.1, 0.15) is 36.0 Å². The molecular weight excluding hydrogens is 987 g/mol. The average Bonchev–Trinajstić information content (AvgIpc) is 4.08. The van der Waals surface area contributed by atoms with Gasteiger partial charge in [-0.15, -0.1) is 0 Å². The topological polar surface area (TPSA) is 467 Å². The van der Waals surface area contributed by atoms with Gasteiger partial charge in [-0.1, -0.05) is 12.1 Å². The number of nitrogens with two attached hydrogens (primary N) is 2. The van der Waals surface area contributed by atoms with Crippen molar-refractivity contribution < 1.29 is 72.5 Å². The number of nitrogens with one attached hydrogen (secondary N) is 11. The Kier molecular flexibility index (Phi) is 24.6. The molecule has 0 spiro atoms. The van der Waals surface area contributed by atoms with Crippen molar-refractivity contribution in [3.05, 3.63) is 48.0 Å². The van der Waals surface area contributed by atoms with Gasteiger partial charge in [0.05, 0.1) is 58.6 Å². The predicted molar refractivity (Wildman–Crippen MR) is 253 cm³/mol. The number of likely N-dealkylation sites (tertiary alicyclic amines) is 1. The molecule has 1 aromatic heterocycles. The predicted octanol–water partition coefficient (Wildman–Crippen LogP) is -8.80. The third kappa shape index (κ3) is 21.7. The molecule has 2 heterocycles. The third-order valence-electron chi connectivity index (χ3n) is 10.4. The lowest BCUT2D eigenvalue weighted by Crippen LogP contribution is -2.60. The molecule has 1 saturated heterocycles. The van der Waals surface area contributed by atoms with E-state index < -0.39 is 159 Å². The number of H-pyrrole nitrogens is 1. The number of phenolic OH excluding ortho intramolecular Hbond substituents is 1. The molecule has 3 rings (SSSR count). The van der Waals surface area contributed by atoms with Crippen LogP contribution < -0.4 is 64.6 Å². The Hall–Kier alpha value is -8.35. The molecule has 73 heavy (non-hydrogen) atoms. The maximum atomic E-state index is 13.6. The second kappa shape index (κ2) is 30.4. The Labute approximate surface area is 421 Å². The number of thiol groups is 1. The van der Waals surface area contributed by atoms with Crippen LogP contribution in [-0.4, -0.2) is 190 Å². The summed E-state index contributed by atoms with van der Waals surface area (Å²) < 4.78 is 0. The summed E-state index contributed by atoms with van der Waals surface area (Å²) >= 11 is 4.02. The van der Waals surface area contributed by atoms with Gasteiger partial charge in [0, 0.05) is 37.0 Å². The van der Waals surface area contributed by atoms with Gasteiger partial charge < -0.3 is 84.7 Å². The number of aromatic amines is 1. The highest BCUT2D eigenvalue weighted by molar-refractivity contribution is 7.80. The molecule has 5 atom stereocenters. The monoisotopic (exact) mass is 1050 g/mol. The first-order chi connectivity index (χ1) is 34.7. The number of aromatic hydroxyl groups is 1. The van der Waals surface area contributed by atoms with Crippen LogP contribution in [0.1, 0.15) is 36.9 Å². The number of aliphatic hydroxyl groups is 1. The molecule has 1 aliphatic heterocycles. The molecule has 1 aliphatic rings. The third-order valence-corrected chi connectivity index (χ3v) is 10.8.